The van der Waals surface area contributed by atoms with Gasteiger partial charge in [-0.3, -0.25) is 0 Å². The Morgan fingerprint density at radius 2 is 1.15 bits per heavy atom. The normalized spacial score (nSPS) is 31.9. The molecule has 0 aromatic rings. The Bertz CT molecular complexity index is 240. The summed E-state index contributed by atoms with van der Waals surface area (Å²) in [5, 5.41) is 0. The van der Waals surface area contributed by atoms with E-state index in [9.17, 15) is 26.3 Å². The molecule has 1 rings (SSSR count). The Morgan fingerprint density at radius 3 is 1.31 bits per heavy atom. The topological polar surface area (TPSA) is 0 Å². The highest BCUT2D eigenvalue weighted by Gasteiger charge is 2.97. The predicted molar refractivity (Wildman–Crippen MR) is 33.6 cm³/mol. The van der Waals surface area contributed by atoms with Crippen molar-refractivity contribution in [2.45, 2.75) is 22.6 Å². The van der Waals surface area contributed by atoms with Crippen molar-refractivity contribution in [3.05, 3.63) is 12.7 Å². The largest absolute Gasteiger partial charge is 0.376 e. The minimum absolute atomic E-state index is 0.0635. The summed E-state index contributed by atoms with van der Waals surface area (Å²) in [6.45, 7) is 2.59. The van der Waals surface area contributed by atoms with Crippen LogP contribution in [0, 0.1) is 0 Å². The van der Waals surface area contributed by atoms with E-state index in [1.807, 2.05) is 0 Å². The molecule has 0 bridgehead atoms. The smallest absolute Gasteiger partial charge is 0.197 e. The van der Waals surface area contributed by atoms with Gasteiger partial charge in [0.1, 0.15) is 0 Å². The van der Waals surface area contributed by atoms with Crippen molar-refractivity contribution in [1.82, 2.24) is 0 Å². The van der Waals surface area contributed by atoms with Crippen LogP contribution in [0.4, 0.5) is 26.3 Å². The molecule has 1 saturated carbocycles. The van der Waals surface area contributed by atoms with E-state index in [1.165, 1.54) is 0 Å². The lowest BCUT2D eigenvalue weighted by Crippen LogP contribution is -2.83. The lowest BCUT2D eigenvalue weighted by atomic mass is 9.71. The number of hydrogen-bond acceptors (Lipinski definition) is 0. The maximum Gasteiger partial charge on any atom is 0.376 e. The molecule has 76 valence electrons. The fourth-order valence-corrected chi connectivity index (χ4v) is 1.28. The standard InChI is InChI=1S/C6H3ClF6/c1-2-3(7)4(8,9)6(12,13)5(3,10)11/h2H,1H2. The Labute approximate surface area is 74.2 Å². The highest BCUT2D eigenvalue weighted by molar-refractivity contribution is 6.28. The molecule has 0 saturated heterocycles. The van der Waals surface area contributed by atoms with Gasteiger partial charge in [-0.2, -0.15) is 26.3 Å². The van der Waals surface area contributed by atoms with Crippen molar-refractivity contribution in [2.75, 3.05) is 0 Å². The first-order valence-corrected chi connectivity index (χ1v) is 3.40. The molecule has 0 aromatic carbocycles. The average molecular weight is 225 g/mol. The van der Waals surface area contributed by atoms with Crippen molar-refractivity contribution in [1.29, 1.82) is 0 Å². The molecule has 13 heavy (non-hydrogen) atoms. The summed E-state index contributed by atoms with van der Waals surface area (Å²) in [5.41, 5.74) is 0. The van der Waals surface area contributed by atoms with Crippen LogP contribution in [-0.4, -0.2) is 22.6 Å². The average Bonchev–Trinajstić information content (AvgIpc) is 2.00. The molecule has 0 atom stereocenters. The number of halogens is 7. The van der Waals surface area contributed by atoms with Crippen molar-refractivity contribution in [2.24, 2.45) is 0 Å². The quantitative estimate of drug-likeness (QED) is 0.365. The fourth-order valence-electron chi connectivity index (χ4n) is 1.05. The highest BCUT2D eigenvalue weighted by atomic mass is 35.5. The molecule has 0 unspecified atom stereocenters. The molecule has 1 aliphatic carbocycles. The van der Waals surface area contributed by atoms with Crippen LogP contribution in [-0.2, 0) is 0 Å². The van der Waals surface area contributed by atoms with Crippen molar-refractivity contribution in [3.8, 4) is 0 Å². The van der Waals surface area contributed by atoms with Crippen molar-refractivity contribution in [3.63, 3.8) is 0 Å². The first kappa shape index (κ1) is 10.7. The maximum absolute atomic E-state index is 12.4. The van der Waals surface area contributed by atoms with Gasteiger partial charge in [0.2, 0.25) is 4.87 Å². The molecule has 0 N–H and O–H groups in total. The molecule has 0 nitrogen and oxygen atoms in total. The summed E-state index contributed by atoms with van der Waals surface area (Å²) in [6.07, 6.45) is -0.0635. The number of alkyl halides is 7. The second kappa shape index (κ2) is 2.16. The van der Waals surface area contributed by atoms with Gasteiger partial charge in [0.15, 0.2) is 0 Å². The van der Waals surface area contributed by atoms with Crippen LogP contribution in [0.15, 0.2) is 12.7 Å². The zero-order chi connectivity index (χ0) is 10.7. The summed E-state index contributed by atoms with van der Waals surface area (Å²) >= 11 is 4.66. The molecule has 1 aliphatic rings. The minimum atomic E-state index is -5.42. The third kappa shape index (κ3) is 0.719. The van der Waals surface area contributed by atoms with Gasteiger partial charge in [-0.05, 0) is 0 Å². The lowest BCUT2D eigenvalue weighted by molar-refractivity contribution is -0.411. The van der Waals surface area contributed by atoms with Crippen molar-refractivity contribution < 1.29 is 26.3 Å². The van der Waals surface area contributed by atoms with Crippen LogP contribution >= 0.6 is 11.6 Å². The first-order chi connectivity index (χ1) is 5.56. The van der Waals surface area contributed by atoms with Gasteiger partial charge < -0.3 is 0 Å². The van der Waals surface area contributed by atoms with Gasteiger partial charge in [0.05, 0.1) is 0 Å². The first-order valence-electron chi connectivity index (χ1n) is 3.02. The van der Waals surface area contributed by atoms with Gasteiger partial charge in [0.25, 0.3) is 0 Å². The summed E-state index contributed by atoms with van der Waals surface area (Å²) in [4.78, 5) is -3.69. The maximum atomic E-state index is 12.4. The van der Waals surface area contributed by atoms with E-state index in [2.05, 4.69) is 18.2 Å². The van der Waals surface area contributed by atoms with Gasteiger partial charge in [-0.1, -0.05) is 6.08 Å². The number of rotatable bonds is 1. The Morgan fingerprint density at radius 1 is 0.846 bits per heavy atom. The van der Waals surface area contributed by atoms with Gasteiger partial charge in [-0.25, -0.2) is 0 Å². The zero-order valence-electron chi connectivity index (χ0n) is 5.93. The van der Waals surface area contributed by atoms with Crippen molar-refractivity contribution >= 4 is 11.6 Å². The molecule has 0 aliphatic heterocycles. The van der Waals surface area contributed by atoms with E-state index >= 15 is 0 Å². The SMILES string of the molecule is C=CC1(Cl)C(F)(F)C(F)(F)C1(F)F. The third-order valence-electron chi connectivity index (χ3n) is 1.98. The van der Waals surface area contributed by atoms with Gasteiger partial charge in [-0.15, -0.1) is 18.2 Å². The Balaban J connectivity index is 3.26. The Kier molecular flexibility index (Phi) is 1.77. The van der Waals surface area contributed by atoms with Crippen LogP contribution in [0.5, 0.6) is 0 Å². The minimum Gasteiger partial charge on any atom is -0.197 e. The van der Waals surface area contributed by atoms with Crippen LogP contribution < -0.4 is 0 Å². The zero-order valence-corrected chi connectivity index (χ0v) is 6.69. The molecule has 0 amide bonds. The van der Waals surface area contributed by atoms with E-state index in [0.717, 1.165) is 0 Å². The van der Waals surface area contributed by atoms with Crippen LogP contribution in [0.2, 0.25) is 0 Å². The molecule has 0 aromatic heterocycles. The molecule has 7 heteroatoms. The third-order valence-corrected chi connectivity index (χ3v) is 2.61. The monoisotopic (exact) mass is 224 g/mol. The van der Waals surface area contributed by atoms with E-state index in [1.54, 1.807) is 0 Å². The summed E-state index contributed by atoms with van der Waals surface area (Å²) in [5.74, 6) is -15.4. The Hall–Kier alpha value is -0.390. The molecular formula is C6H3ClF6. The molecular weight excluding hydrogens is 222 g/mol. The summed E-state index contributed by atoms with van der Waals surface area (Å²) in [6, 6.07) is 0. The van der Waals surface area contributed by atoms with E-state index in [-0.39, 0.29) is 6.08 Å². The number of hydrogen-bond donors (Lipinski definition) is 0. The molecule has 0 heterocycles. The van der Waals surface area contributed by atoms with Gasteiger partial charge in [0, 0.05) is 0 Å². The molecule has 0 spiro atoms. The van der Waals surface area contributed by atoms with E-state index < -0.39 is 22.6 Å². The second-order valence-corrected chi connectivity index (χ2v) is 3.24. The highest BCUT2D eigenvalue weighted by Crippen LogP contribution is 2.70. The van der Waals surface area contributed by atoms with Crippen LogP contribution in [0.25, 0.3) is 0 Å². The predicted octanol–water partition coefficient (Wildman–Crippen LogP) is 3.07. The second-order valence-electron chi connectivity index (χ2n) is 2.64. The van der Waals surface area contributed by atoms with Crippen LogP contribution in [0.1, 0.15) is 0 Å². The molecule has 1 fully saturated rings. The van der Waals surface area contributed by atoms with Crippen LogP contribution in [0.3, 0.4) is 0 Å². The summed E-state index contributed by atoms with van der Waals surface area (Å²) in [7, 11) is 0. The van der Waals surface area contributed by atoms with E-state index in [4.69, 9.17) is 0 Å². The number of allylic oxidation sites excluding steroid dienone is 1. The fraction of sp³-hybridized carbons (Fsp3) is 0.667. The van der Waals surface area contributed by atoms with Gasteiger partial charge >= 0.3 is 17.8 Å². The summed E-state index contributed by atoms with van der Waals surface area (Å²) < 4.78 is 74.0. The molecule has 0 radical (unpaired) electrons. The lowest BCUT2D eigenvalue weighted by Gasteiger charge is -2.54. The van der Waals surface area contributed by atoms with E-state index in [0.29, 0.717) is 0 Å².